The summed E-state index contributed by atoms with van der Waals surface area (Å²) >= 11 is 0. The van der Waals surface area contributed by atoms with Crippen LogP contribution in [0.2, 0.25) is 0 Å². The first-order valence-corrected chi connectivity index (χ1v) is 17.8. The molecular formula is C45H37N5. The molecule has 3 aliphatic carbocycles. The molecule has 0 fully saturated rings. The van der Waals surface area contributed by atoms with Gasteiger partial charge in [0.15, 0.2) is 11.6 Å². The van der Waals surface area contributed by atoms with E-state index in [9.17, 15) is 0 Å². The number of hydrogen-bond donors (Lipinski definition) is 0. The highest BCUT2D eigenvalue weighted by atomic mass is 15.2. The minimum atomic E-state index is 0.151. The van der Waals surface area contributed by atoms with Gasteiger partial charge in [-0.05, 0) is 59.6 Å². The van der Waals surface area contributed by atoms with Crippen molar-refractivity contribution in [3.63, 3.8) is 0 Å². The number of nitrogens with zero attached hydrogens (tertiary/aromatic N) is 5. The highest BCUT2D eigenvalue weighted by molar-refractivity contribution is 6.18. The molecule has 0 saturated heterocycles. The van der Waals surface area contributed by atoms with Crippen molar-refractivity contribution in [3.05, 3.63) is 156 Å². The molecule has 50 heavy (non-hydrogen) atoms. The molecule has 4 aliphatic rings. The molecule has 0 saturated carbocycles. The predicted octanol–water partition coefficient (Wildman–Crippen LogP) is 10.9. The Balaban J connectivity index is 1.38. The third-order valence-corrected chi connectivity index (χ3v) is 11.0. The number of anilines is 2. The maximum Gasteiger partial charge on any atom is 0.238 e. The van der Waals surface area contributed by atoms with Crippen LogP contribution in [0.5, 0.6) is 0 Å². The molecule has 0 spiro atoms. The number of aromatic nitrogens is 4. The van der Waals surface area contributed by atoms with E-state index < -0.39 is 0 Å². The highest BCUT2D eigenvalue weighted by Gasteiger charge is 2.43. The van der Waals surface area contributed by atoms with Gasteiger partial charge in [0.05, 0.1) is 22.8 Å². The van der Waals surface area contributed by atoms with Gasteiger partial charge in [-0.15, -0.1) is 0 Å². The fourth-order valence-corrected chi connectivity index (χ4v) is 8.76. The van der Waals surface area contributed by atoms with Crippen LogP contribution in [0.15, 0.2) is 134 Å². The van der Waals surface area contributed by atoms with Crippen molar-refractivity contribution in [2.45, 2.75) is 44.6 Å². The molecular weight excluding hydrogens is 611 g/mol. The molecule has 5 heteroatoms. The summed E-state index contributed by atoms with van der Waals surface area (Å²) in [6.07, 6.45) is 22.5. The zero-order valence-corrected chi connectivity index (χ0v) is 28.2. The van der Waals surface area contributed by atoms with E-state index in [2.05, 4.69) is 157 Å². The van der Waals surface area contributed by atoms with E-state index in [1.54, 1.807) is 0 Å². The molecule has 0 bridgehead atoms. The molecule has 242 valence electrons. The largest absolute Gasteiger partial charge is 0.332 e. The summed E-state index contributed by atoms with van der Waals surface area (Å²) in [6.45, 7) is 4.65. The lowest BCUT2D eigenvalue weighted by atomic mass is 9.79. The normalized spacial score (nSPS) is 21.8. The van der Waals surface area contributed by atoms with Crippen LogP contribution >= 0.6 is 0 Å². The van der Waals surface area contributed by atoms with E-state index in [0.29, 0.717) is 23.6 Å². The Morgan fingerprint density at radius 1 is 0.680 bits per heavy atom. The molecule has 4 atom stereocenters. The van der Waals surface area contributed by atoms with Crippen LogP contribution in [-0.4, -0.2) is 25.6 Å². The molecule has 4 unspecified atom stereocenters. The second-order valence-corrected chi connectivity index (χ2v) is 14.0. The van der Waals surface area contributed by atoms with Gasteiger partial charge in [0.25, 0.3) is 0 Å². The van der Waals surface area contributed by atoms with Crippen molar-refractivity contribution < 1.29 is 0 Å². The van der Waals surface area contributed by atoms with Crippen LogP contribution in [0, 0.1) is 5.92 Å². The standard InChI is InChI=1S/C45H37N5/c1-28-16-9-10-22-32(28)44-46-43(30-18-5-3-6-19-30)47-45(48-44)50-37-27-14-12-24-34(37)40-38-29(2)17-15-25-35(38)39-33-23-11-13-26-36(33)49(41(39)42(40)50)31-20-7-4-8-21-31/h3-15,18-29,33,36H,16-17H2,1-2H3. The van der Waals surface area contributed by atoms with Gasteiger partial charge in [-0.3, -0.25) is 4.57 Å². The molecule has 0 radical (unpaired) electrons. The number of rotatable bonds is 4. The number of allylic oxidation sites excluding steroid dienone is 7. The molecule has 2 aromatic heterocycles. The summed E-state index contributed by atoms with van der Waals surface area (Å²) in [7, 11) is 0. The van der Waals surface area contributed by atoms with Crippen LogP contribution < -0.4 is 4.90 Å². The van der Waals surface area contributed by atoms with Gasteiger partial charge in [-0.25, -0.2) is 4.98 Å². The van der Waals surface area contributed by atoms with Crippen molar-refractivity contribution in [2.24, 2.45) is 5.92 Å². The summed E-state index contributed by atoms with van der Waals surface area (Å²) in [5.41, 5.74) is 11.0. The van der Waals surface area contributed by atoms with Gasteiger partial charge in [0.2, 0.25) is 5.95 Å². The van der Waals surface area contributed by atoms with Crippen molar-refractivity contribution in [3.8, 4) is 17.3 Å². The van der Waals surface area contributed by atoms with Crippen LogP contribution in [0.4, 0.5) is 11.4 Å². The van der Waals surface area contributed by atoms with Crippen molar-refractivity contribution >= 4 is 44.8 Å². The minimum absolute atomic E-state index is 0.151. The lowest BCUT2D eigenvalue weighted by Crippen LogP contribution is -2.28. The SMILES string of the molecule is CC1CC=CC=C1c1nc(-c2ccccc2)nc(-n2c3ccccc3c3c4c(c5c(c32)N(c2ccccc2)C2C=CC=CC52)C=CCC4C)n1. The molecule has 5 nitrogen and oxygen atoms in total. The van der Waals surface area contributed by atoms with Crippen molar-refractivity contribution in [1.29, 1.82) is 0 Å². The van der Waals surface area contributed by atoms with Gasteiger partial charge in [-0.1, -0.05) is 135 Å². The van der Waals surface area contributed by atoms with E-state index in [4.69, 9.17) is 15.0 Å². The maximum atomic E-state index is 5.40. The highest BCUT2D eigenvalue weighted by Crippen LogP contribution is 2.57. The monoisotopic (exact) mass is 647 g/mol. The number of para-hydroxylation sites is 2. The zero-order valence-electron chi connectivity index (χ0n) is 28.2. The zero-order chi connectivity index (χ0) is 33.3. The van der Waals surface area contributed by atoms with Crippen LogP contribution in [-0.2, 0) is 0 Å². The van der Waals surface area contributed by atoms with Gasteiger partial charge < -0.3 is 4.90 Å². The molecule has 3 heterocycles. The third-order valence-electron chi connectivity index (χ3n) is 11.0. The Kier molecular flexibility index (Phi) is 6.63. The van der Waals surface area contributed by atoms with Gasteiger partial charge in [-0.2, -0.15) is 9.97 Å². The number of hydrogen-bond acceptors (Lipinski definition) is 4. The van der Waals surface area contributed by atoms with Crippen molar-refractivity contribution in [2.75, 3.05) is 4.90 Å². The summed E-state index contributed by atoms with van der Waals surface area (Å²) < 4.78 is 2.36. The van der Waals surface area contributed by atoms with E-state index in [1.807, 2.05) is 6.07 Å². The Morgan fingerprint density at radius 3 is 2.26 bits per heavy atom. The molecule has 10 rings (SSSR count). The van der Waals surface area contributed by atoms with E-state index in [-0.39, 0.29) is 12.0 Å². The first kappa shape index (κ1) is 29.1. The lowest BCUT2D eigenvalue weighted by molar-refractivity contribution is 0.737. The van der Waals surface area contributed by atoms with Gasteiger partial charge in [0.1, 0.15) is 0 Å². The van der Waals surface area contributed by atoms with E-state index in [0.717, 1.165) is 35.3 Å². The third kappa shape index (κ3) is 4.29. The second-order valence-electron chi connectivity index (χ2n) is 14.0. The molecule has 0 amide bonds. The molecule has 6 aromatic rings. The number of fused-ring (bicyclic) bond motifs is 10. The van der Waals surface area contributed by atoms with E-state index in [1.165, 1.54) is 44.4 Å². The smallest absolute Gasteiger partial charge is 0.238 e. The summed E-state index contributed by atoms with van der Waals surface area (Å²) in [5.74, 6) is 2.95. The first-order chi connectivity index (χ1) is 24.7. The lowest BCUT2D eigenvalue weighted by Gasteiger charge is -2.29. The van der Waals surface area contributed by atoms with Crippen LogP contribution in [0.25, 0.3) is 50.8 Å². The average molecular weight is 648 g/mol. The maximum absolute atomic E-state index is 5.40. The quantitative estimate of drug-likeness (QED) is 0.191. The molecule has 1 aliphatic heterocycles. The van der Waals surface area contributed by atoms with E-state index >= 15 is 0 Å². The second kappa shape index (κ2) is 11.4. The first-order valence-electron chi connectivity index (χ1n) is 17.8. The summed E-state index contributed by atoms with van der Waals surface area (Å²) in [5, 5.41) is 2.53. The predicted molar refractivity (Wildman–Crippen MR) is 206 cm³/mol. The van der Waals surface area contributed by atoms with Crippen molar-refractivity contribution in [1.82, 2.24) is 19.5 Å². The molecule has 4 aromatic carbocycles. The Bertz CT molecular complexity index is 2480. The van der Waals surface area contributed by atoms with Crippen LogP contribution in [0.3, 0.4) is 0 Å². The van der Waals surface area contributed by atoms with Crippen LogP contribution in [0.1, 0.15) is 61.0 Å². The average Bonchev–Trinajstić information content (AvgIpc) is 3.70. The Morgan fingerprint density at radius 2 is 1.42 bits per heavy atom. The minimum Gasteiger partial charge on any atom is -0.332 e. The van der Waals surface area contributed by atoms with Gasteiger partial charge in [0, 0.05) is 33.5 Å². The Labute approximate surface area is 292 Å². The topological polar surface area (TPSA) is 46.8 Å². The van der Waals surface area contributed by atoms with Gasteiger partial charge >= 0.3 is 0 Å². The number of benzene rings is 4. The fraction of sp³-hybridized carbons (Fsp3) is 0.178. The molecule has 0 N–H and O–H groups in total. The summed E-state index contributed by atoms with van der Waals surface area (Å²) in [6, 6.07) is 30.2. The fourth-order valence-electron chi connectivity index (χ4n) is 8.76. The summed E-state index contributed by atoms with van der Waals surface area (Å²) in [4.78, 5) is 18.5. The Hall–Kier alpha value is -5.81.